The summed E-state index contributed by atoms with van der Waals surface area (Å²) in [6.45, 7) is 0.762. The van der Waals surface area contributed by atoms with Gasteiger partial charge in [0.15, 0.2) is 17.3 Å². The van der Waals surface area contributed by atoms with Crippen LogP contribution < -0.4 is 14.2 Å². The van der Waals surface area contributed by atoms with E-state index in [0.29, 0.717) is 17.7 Å². The van der Waals surface area contributed by atoms with Gasteiger partial charge in [0.2, 0.25) is 0 Å². The average Bonchev–Trinajstić information content (AvgIpc) is 3.27. The van der Waals surface area contributed by atoms with E-state index in [0.717, 1.165) is 11.6 Å². The van der Waals surface area contributed by atoms with Crippen molar-refractivity contribution in [2.45, 2.75) is 19.4 Å². The summed E-state index contributed by atoms with van der Waals surface area (Å²) in [6, 6.07) is 15.8. The molecule has 194 valence electrons. The third-order valence-electron chi connectivity index (χ3n) is 5.47. The first-order valence-corrected chi connectivity index (χ1v) is 11.2. The molecular formula is C27H23F4NO5. The van der Waals surface area contributed by atoms with Gasteiger partial charge < -0.3 is 23.9 Å². The molecule has 0 unspecified atom stereocenters. The number of ketones is 1. The largest absolute Gasteiger partial charge is 0.573 e. The molecule has 0 bridgehead atoms. The number of hydrogen-bond donors (Lipinski definition) is 1. The van der Waals surface area contributed by atoms with Crippen molar-refractivity contribution in [2.24, 2.45) is 0 Å². The minimum Gasteiger partial charge on any atom is -0.493 e. The van der Waals surface area contributed by atoms with Crippen molar-refractivity contribution in [3.05, 3.63) is 89.4 Å². The zero-order chi connectivity index (χ0) is 26.4. The van der Waals surface area contributed by atoms with Crippen molar-refractivity contribution in [2.75, 3.05) is 20.3 Å². The van der Waals surface area contributed by atoms with E-state index >= 15 is 0 Å². The summed E-state index contributed by atoms with van der Waals surface area (Å²) in [5, 5.41) is 0.226. The summed E-state index contributed by atoms with van der Waals surface area (Å²) in [5.74, 6) is -1.48. The maximum atomic E-state index is 13.9. The van der Waals surface area contributed by atoms with Gasteiger partial charge in [0.1, 0.15) is 18.2 Å². The predicted molar refractivity (Wildman–Crippen MR) is 128 cm³/mol. The first-order valence-electron chi connectivity index (χ1n) is 11.2. The molecule has 0 amide bonds. The van der Waals surface area contributed by atoms with Crippen LogP contribution in [0.1, 0.15) is 21.5 Å². The number of rotatable bonds is 11. The van der Waals surface area contributed by atoms with Gasteiger partial charge >= 0.3 is 6.36 Å². The second kappa shape index (κ2) is 11.3. The Morgan fingerprint density at radius 3 is 2.46 bits per heavy atom. The van der Waals surface area contributed by atoms with Gasteiger partial charge in [-0.25, -0.2) is 4.39 Å². The third-order valence-corrected chi connectivity index (χ3v) is 5.47. The van der Waals surface area contributed by atoms with Crippen LogP contribution >= 0.6 is 0 Å². The maximum Gasteiger partial charge on any atom is 0.573 e. The van der Waals surface area contributed by atoms with Crippen LogP contribution in [0.5, 0.6) is 17.2 Å². The summed E-state index contributed by atoms with van der Waals surface area (Å²) in [4.78, 5) is 16.0. The molecule has 10 heteroatoms. The topological polar surface area (TPSA) is 69.8 Å². The number of alkyl halides is 3. The van der Waals surface area contributed by atoms with Crippen LogP contribution in [0.3, 0.4) is 0 Å². The first kappa shape index (κ1) is 26.0. The second-order valence-electron chi connectivity index (χ2n) is 8.04. The van der Waals surface area contributed by atoms with E-state index in [-0.39, 0.29) is 42.1 Å². The number of carbonyl (C=O) groups is 1. The third kappa shape index (κ3) is 6.79. The summed E-state index contributed by atoms with van der Waals surface area (Å²) in [6.07, 6.45) is -3.72. The van der Waals surface area contributed by atoms with Gasteiger partial charge in [-0.05, 0) is 17.7 Å². The number of benzene rings is 3. The van der Waals surface area contributed by atoms with Gasteiger partial charge in [0.25, 0.3) is 0 Å². The number of fused-ring (bicyclic) bond motifs is 1. The predicted octanol–water partition coefficient (Wildman–Crippen LogP) is 6.24. The number of hydrogen-bond acceptors (Lipinski definition) is 5. The van der Waals surface area contributed by atoms with E-state index in [1.54, 1.807) is 0 Å². The highest BCUT2D eigenvalue weighted by molar-refractivity contribution is 6.09. The Hall–Kier alpha value is -4.05. The summed E-state index contributed by atoms with van der Waals surface area (Å²) in [7, 11) is 1.21. The Balaban J connectivity index is 1.47. The maximum absolute atomic E-state index is 13.9. The van der Waals surface area contributed by atoms with Crippen molar-refractivity contribution in [1.82, 2.24) is 4.98 Å². The molecule has 0 atom stereocenters. The lowest BCUT2D eigenvalue weighted by molar-refractivity contribution is -0.275. The Kier molecular flexibility index (Phi) is 7.98. The zero-order valence-electron chi connectivity index (χ0n) is 19.7. The van der Waals surface area contributed by atoms with Crippen molar-refractivity contribution >= 4 is 16.7 Å². The SMILES string of the molecule is COc1cc2[nH]cc(C(=O)Cc3ccc(F)cc3OCCOCc3ccccc3)c2cc1OC(F)(F)F. The minimum atomic E-state index is -4.94. The smallest absolute Gasteiger partial charge is 0.493 e. The molecule has 0 fully saturated rings. The van der Waals surface area contributed by atoms with E-state index in [4.69, 9.17) is 14.2 Å². The highest BCUT2D eigenvalue weighted by atomic mass is 19.4. The van der Waals surface area contributed by atoms with Crippen LogP contribution in [0.25, 0.3) is 10.9 Å². The van der Waals surface area contributed by atoms with Gasteiger partial charge in [0.05, 0.1) is 25.8 Å². The molecule has 6 nitrogen and oxygen atoms in total. The first-order chi connectivity index (χ1) is 17.7. The Bertz CT molecular complexity index is 1370. The molecule has 37 heavy (non-hydrogen) atoms. The fraction of sp³-hybridized carbons (Fsp3) is 0.222. The molecule has 0 spiro atoms. The van der Waals surface area contributed by atoms with Gasteiger partial charge in [-0.1, -0.05) is 36.4 Å². The van der Waals surface area contributed by atoms with Crippen LogP contribution in [0.4, 0.5) is 17.6 Å². The van der Waals surface area contributed by atoms with Gasteiger partial charge in [-0.15, -0.1) is 13.2 Å². The monoisotopic (exact) mass is 517 g/mol. The molecule has 1 N–H and O–H groups in total. The van der Waals surface area contributed by atoms with Crippen LogP contribution in [0.15, 0.2) is 66.9 Å². The second-order valence-corrected chi connectivity index (χ2v) is 8.04. The van der Waals surface area contributed by atoms with Gasteiger partial charge in [-0.3, -0.25) is 4.79 Å². The summed E-state index contributed by atoms with van der Waals surface area (Å²) < 4.78 is 72.7. The average molecular weight is 517 g/mol. The standard InChI is InChI=1S/C27H23F4NO5/c1-34-25-14-22-20(13-26(25)37-27(29,30)31)21(15-32-22)23(33)11-18-7-8-19(28)12-24(18)36-10-9-35-16-17-5-3-2-4-6-17/h2-8,12-15,32H,9-11,16H2,1H3. The van der Waals surface area contributed by atoms with Crippen molar-refractivity contribution in [3.63, 3.8) is 0 Å². The van der Waals surface area contributed by atoms with E-state index < -0.39 is 23.7 Å². The molecule has 0 saturated heterocycles. The molecule has 0 saturated carbocycles. The van der Waals surface area contributed by atoms with Crippen molar-refractivity contribution in [1.29, 1.82) is 0 Å². The van der Waals surface area contributed by atoms with Gasteiger partial charge in [0, 0.05) is 41.3 Å². The quantitative estimate of drug-likeness (QED) is 0.145. The summed E-state index contributed by atoms with van der Waals surface area (Å²) in [5.41, 5.74) is 1.95. The Morgan fingerprint density at radius 2 is 1.73 bits per heavy atom. The molecule has 0 aliphatic rings. The number of methoxy groups -OCH3 is 1. The molecule has 4 aromatic rings. The highest BCUT2D eigenvalue weighted by Crippen LogP contribution is 2.37. The minimum absolute atomic E-state index is 0.127. The molecule has 0 aliphatic heterocycles. The number of H-pyrrole nitrogens is 1. The molecular weight excluding hydrogens is 494 g/mol. The number of nitrogens with one attached hydrogen (secondary N) is 1. The molecule has 1 aromatic heterocycles. The number of Topliss-reactive ketones (excluding diaryl/α,β-unsaturated/α-hetero) is 1. The molecule has 1 heterocycles. The zero-order valence-corrected chi connectivity index (χ0v) is 19.7. The molecule has 4 rings (SSSR count). The fourth-order valence-corrected chi connectivity index (χ4v) is 3.78. The number of ether oxygens (including phenoxy) is 4. The number of carbonyl (C=O) groups excluding carboxylic acids is 1. The van der Waals surface area contributed by atoms with Crippen LogP contribution in [0.2, 0.25) is 0 Å². The molecule has 0 radical (unpaired) electrons. The van der Waals surface area contributed by atoms with E-state index in [9.17, 15) is 22.4 Å². The van der Waals surface area contributed by atoms with Crippen molar-refractivity contribution in [3.8, 4) is 17.2 Å². The summed E-state index contributed by atoms with van der Waals surface area (Å²) >= 11 is 0. The van der Waals surface area contributed by atoms with Crippen LogP contribution in [-0.4, -0.2) is 37.5 Å². The lowest BCUT2D eigenvalue weighted by Gasteiger charge is -2.13. The molecule has 3 aromatic carbocycles. The Labute approximate surface area is 209 Å². The van der Waals surface area contributed by atoms with Crippen molar-refractivity contribution < 1.29 is 41.3 Å². The normalized spacial score (nSPS) is 11.5. The number of aromatic amines is 1. The van der Waals surface area contributed by atoms with E-state index in [2.05, 4.69) is 9.72 Å². The van der Waals surface area contributed by atoms with E-state index in [1.165, 1.54) is 37.6 Å². The lowest BCUT2D eigenvalue weighted by atomic mass is 10.0. The molecule has 0 aliphatic carbocycles. The van der Waals surface area contributed by atoms with Gasteiger partial charge in [-0.2, -0.15) is 0 Å². The van der Waals surface area contributed by atoms with Crippen LogP contribution in [-0.2, 0) is 17.8 Å². The fourth-order valence-electron chi connectivity index (χ4n) is 3.78. The Morgan fingerprint density at radius 1 is 0.946 bits per heavy atom. The number of aromatic nitrogens is 1. The lowest BCUT2D eigenvalue weighted by Crippen LogP contribution is -2.17. The van der Waals surface area contributed by atoms with Crippen LogP contribution in [0, 0.1) is 5.82 Å². The number of halogens is 4. The highest BCUT2D eigenvalue weighted by Gasteiger charge is 2.33. The van der Waals surface area contributed by atoms with E-state index in [1.807, 2.05) is 30.3 Å².